The van der Waals surface area contributed by atoms with Gasteiger partial charge in [-0.25, -0.2) is 13.8 Å². The number of carbonyl (C=O) groups is 1. The second kappa shape index (κ2) is 5.41. The Hall–Kier alpha value is -2.22. The number of amides is 1. The first kappa shape index (κ1) is 15.3. The summed E-state index contributed by atoms with van der Waals surface area (Å²) in [6.45, 7) is 3.28. The molecule has 0 bridgehead atoms. The molecule has 8 heteroatoms. The maximum absolute atomic E-state index is 13.0. The zero-order chi connectivity index (χ0) is 16.9. The summed E-state index contributed by atoms with van der Waals surface area (Å²) < 4.78 is 32.9. The lowest BCUT2D eigenvalue weighted by Gasteiger charge is -2.38. The van der Waals surface area contributed by atoms with E-state index in [1.54, 1.807) is 18.7 Å². The summed E-state index contributed by atoms with van der Waals surface area (Å²) in [5.41, 5.74) is 1.33. The van der Waals surface area contributed by atoms with Crippen molar-refractivity contribution in [3.8, 4) is 0 Å². The smallest absolute Gasteiger partial charge is 0.282 e. The Morgan fingerprint density at radius 2 is 2.21 bits per heavy atom. The van der Waals surface area contributed by atoms with Crippen LogP contribution < -0.4 is 0 Å². The summed E-state index contributed by atoms with van der Waals surface area (Å²) in [4.78, 5) is 20.1. The molecule has 0 saturated carbocycles. The molecule has 1 amide bonds. The van der Waals surface area contributed by atoms with E-state index >= 15 is 0 Å². The standard InChI is InChI=1S/C16H18F2N4O2/c1-11-14-19-13(15(23)22-9-16(17,18)10-22)7-21(14)4-3-20(11)6-12-2-5-24-8-12/h2,5,7-8,11H,3-4,6,9-10H2,1H3/t11-/m0/s1. The van der Waals surface area contributed by atoms with E-state index < -0.39 is 24.9 Å². The fraction of sp³-hybridized carbons (Fsp3) is 0.500. The van der Waals surface area contributed by atoms with Gasteiger partial charge in [-0.05, 0) is 13.0 Å². The summed E-state index contributed by atoms with van der Waals surface area (Å²) in [6, 6.07) is 1.96. The number of alkyl halides is 2. The van der Waals surface area contributed by atoms with Gasteiger partial charge in [0.05, 0.1) is 31.7 Å². The van der Waals surface area contributed by atoms with E-state index in [4.69, 9.17) is 4.42 Å². The number of nitrogens with zero attached hydrogens (tertiary/aromatic N) is 4. The van der Waals surface area contributed by atoms with Crippen LogP contribution in [0.25, 0.3) is 0 Å². The van der Waals surface area contributed by atoms with E-state index in [2.05, 4.69) is 9.88 Å². The third-order valence-corrected chi connectivity index (χ3v) is 4.67. The summed E-state index contributed by atoms with van der Waals surface area (Å²) in [5.74, 6) is -2.39. The van der Waals surface area contributed by atoms with E-state index in [0.717, 1.165) is 29.4 Å². The minimum atomic E-state index is -2.76. The van der Waals surface area contributed by atoms with Gasteiger partial charge in [-0.2, -0.15) is 0 Å². The minimum Gasteiger partial charge on any atom is -0.472 e. The number of furan rings is 1. The van der Waals surface area contributed by atoms with Crippen molar-refractivity contribution in [2.75, 3.05) is 19.6 Å². The first-order valence-corrected chi connectivity index (χ1v) is 7.92. The van der Waals surface area contributed by atoms with Gasteiger partial charge >= 0.3 is 0 Å². The Morgan fingerprint density at radius 3 is 2.88 bits per heavy atom. The number of fused-ring (bicyclic) bond motifs is 1. The Kier molecular flexibility index (Phi) is 3.45. The molecule has 1 atom stereocenters. The van der Waals surface area contributed by atoms with Gasteiger partial charge in [-0.1, -0.05) is 0 Å². The van der Waals surface area contributed by atoms with Gasteiger partial charge in [0.1, 0.15) is 11.5 Å². The summed E-state index contributed by atoms with van der Waals surface area (Å²) in [6.07, 6.45) is 5.04. The van der Waals surface area contributed by atoms with Crippen LogP contribution in [0.2, 0.25) is 0 Å². The maximum atomic E-state index is 13.0. The van der Waals surface area contributed by atoms with Crippen LogP contribution in [0.3, 0.4) is 0 Å². The molecule has 24 heavy (non-hydrogen) atoms. The number of rotatable bonds is 3. The lowest BCUT2D eigenvalue weighted by molar-refractivity contribution is -0.113. The predicted molar refractivity (Wildman–Crippen MR) is 80.6 cm³/mol. The average molecular weight is 336 g/mol. The van der Waals surface area contributed by atoms with E-state index in [9.17, 15) is 13.6 Å². The van der Waals surface area contributed by atoms with Crippen molar-refractivity contribution in [1.29, 1.82) is 0 Å². The van der Waals surface area contributed by atoms with Crippen LogP contribution in [0, 0.1) is 0 Å². The molecule has 128 valence electrons. The van der Waals surface area contributed by atoms with Crippen LogP contribution in [0.4, 0.5) is 8.78 Å². The van der Waals surface area contributed by atoms with Gasteiger partial charge in [-0.3, -0.25) is 9.69 Å². The van der Waals surface area contributed by atoms with Crippen LogP contribution in [-0.2, 0) is 13.1 Å². The number of carbonyl (C=O) groups excluding carboxylic acids is 1. The molecule has 0 radical (unpaired) electrons. The quantitative estimate of drug-likeness (QED) is 0.862. The fourth-order valence-corrected chi connectivity index (χ4v) is 3.29. The largest absolute Gasteiger partial charge is 0.472 e. The third kappa shape index (κ3) is 2.60. The summed E-state index contributed by atoms with van der Waals surface area (Å²) >= 11 is 0. The Morgan fingerprint density at radius 1 is 1.42 bits per heavy atom. The van der Waals surface area contributed by atoms with Gasteiger partial charge < -0.3 is 13.9 Å². The molecular weight excluding hydrogens is 318 g/mol. The molecule has 1 saturated heterocycles. The van der Waals surface area contributed by atoms with E-state index in [0.29, 0.717) is 6.54 Å². The van der Waals surface area contributed by atoms with Gasteiger partial charge in [-0.15, -0.1) is 0 Å². The van der Waals surface area contributed by atoms with Crippen molar-refractivity contribution in [2.24, 2.45) is 0 Å². The highest BCUT2D eigenvalue weighted by atomic mass is 19.3. The van der Waals surface area contributed by atoms with Gasteiger partial charge in [0.2, 0.25) is 0 Å². The Bertz CT molecular complexity index is 748. The van der Waals surface area contributed by atoms with Crippen LogP contribution in [-0.4, -0.2) is 50.8 Å². The number of hydrogen-bond donors (Lipinski definition) is 0. The molecule has 0 aliphatic carbocycles. The lowest BCUT2D eigenvalue weighted by Crippen LogP contribution is -2.58. The highest BCUT2D eigenvalue weighted by molar-refractivity contribution is 5.93. The molecule has 0 spiro atoms. The van der Waals surface area contributed by atoms with Crippen LogP contribution in [0.5, 0.6) is 0 Å². The topological polar surface area (TPSA) is 54.5 Å². The lowest BCUT2D eigenvalue weighted by atomic mass is 10.1. The van der Waals surface area contributed by atoms with Crippen LogP contribution in [0.15, 0.2) is 29.2 Å². The molecule has 2 aliphatic rings. The number of likely N-dealkylation sites (tertiary alicyclic amines) is 1. The van der Waals surface area contributed by atoms with Gasteiger partial charge in [0, 0.05) is 31.4 Å². The molecule has 1 fully saturated rings. The highest BCUT2D eigenvalue weighted by Crippen LogP contribution is 2.30. The molecule has 2 aromatic rings. The Labute approximate surface area is 137 Å². The second-order valence-electron chi connectivity index (χ2n) is 6.47. The summed E-state index contributed by atoms with van der Waals surface area (Å²) in [5, 5.41) is 0. The van der Waals surface area contributed by atoms with Crippen LogP contribution >= 0.6 is 0 Å². The zero-order valence-corrected chi connectivity index (χ0v) is 13.3. The highest BCUT2D eigenvalue weighted by Gasteiger charge is 2.47. The number of halogens is 2. The second-order valence-corrected chi connectivity index (χ2v) is 6.47. The maximum Gasteiger partial charge on any atom is 0.282 e. The molecule has 0 unspecified atom stereocenters. The molecule has 6 nitrogen and oxygen atoms in total. The molecule has 0 N–H and O–H groups in total. The Balaban J connectivity index is 1.50. The van der Waals surface area contributed by atoms with Crippen molar-refractivity contribution in [3.05, 3.63) is 41.9 Å². The molecule has 2 aromatic heterocycles. The monoisotopic (exact) mass is 336 g/mol. The first-order valence-electron chi connectivity index (χ1n) is 7.92. The van der Waals surface area contributed by atoms with Crippen LogP contribution in [0.1, 0.15) is 34.8 Å². The molecule has 4 rings (SSSR count). The molecule has 0 aromatic carbocycles. The molecular formula is C16H18F2N4O2. The van der Waals surface area contributed by atoms with E-state index in [1.165, 1.54) is 0 Å². The number of aromatic nitrogens is 2. The van der Waals surface area contributed by atoms with E-state index in [1.807, 2.05) is 17.6 Å². The first-order chi connectivity index (χ1) is 11.4. The fourth-order valence-electron chi connectivity index (χ4n) is 3.29. The number of imidazole rings is 1. The summed E-state index contributed by atoms with van der Waals surface area (Å²) in [7, 11) is 0. The van der Waals surface area contributed by atoms with Crippen molar-refractivity contribution >= 4 is 5.91 Å². The SMILES string of the molecule is C[C@H]1c2nc(C(=O)N3CC(F)(F)C3)cn2CCN1Cc1ccoc1. The van der Waals surface area contributed by atoms with Crippen molar-refractivity contribution in [1.82, 2.24) is 19.4 Å². The van der Waals surface area contributed by atoms with Gasteiger partial charge in [0.15, 0.2) is 0 Å². The average Bonchev–Trinajstić information content (AvgIpc) is 3.16. The normalized spacial score (nSPS) is 23.0. The predicted octanol–water partition coefficient (Wildman–Crippen LogP) is 2.14. The molecule has 4 heterocycles. The number of hydrogen-bond acceptors (Lipinski definition) is 4. The minimum absolute atomic E-state index is 0.0352. The van der Waals surface area contributed by atoms with Crippen molar-refractivity contribution < 1.29 is 18.0 Å². The van der Waals surface area contributed by atoms with Crippen molar-refractivity contribution in [3.63, 3.8) is 0 Å². The molecule has 2 aliphatic heterocycles. The van der Waals surface area contributed by atoms with E-state index in [-0.39, 0.29) is 11.7 Å². The van der Waals surface area contributed by atoms with Crippen molar-refractivity contribution in [2.45, 2.75) is 32.0 Å². The third-order valence-electron chi connectivity index (χ3n) is 4.67. The van der Waals surface area contributed by atoms with Gasteiger partial charge in [0.25, 0.3) is 11.8 Å². The zero-order valence-electron chi connectivity index (χ0n) is 13.3.